The van der Waals surface area contributed by atoms with Crippen molar-refractivity contribution in [3.8, 4) is 0 Å². The van der Waals surface area contributed by atoms with Crippen molar-refractivity contribution in [2.45, 2.75) is 26.2 Å². The molecule has 0 aromatic rings. The zero-order valence-electron chi connectivity index (χ0n) is 11.7. The first-order chi connectivity index (χ1) is 9.19. The van der Waals surface area contributed by atoms with Crippen LogP contribution in [0.2, 0.25) is 0 Å². The number of piperidine rings is 1. The minimum Gasteiger partial charge on any atom is -0.381 e. The van der Waals surface area contributed by atoms with Crippen LogP contribution in [-0.2, 0) is 14.3 Å². The van der Waals surface area contributed by atoms with Gasteiger partial charge in [-0.15, -0.1) is 0 Å². The Morgan fingerprint density at radius 1 is 1.47 bits per heavy atom. The van der Waals surface area contributed by atoms with Crippen molar-refractivity contribution in [2.75, 3.05) is 39.4 Å². The molecule has 1 rings (SSSR count). The highest BCUT2D eigenvalue weighted by atomic mass is 16.5. The van der Waals surface area contributed by atoms with Crippen molar-refractivity contribution in [3.05, 3.63) is 0 Å². The van der Waals surface area contributed by atoms with Crippen molar-refractivity contribution in [2.24, 2.45) is 11.7 Å². The van der Waals surface area contributed by atoms with E-state index in [1.807, 2.05) is 6.92 Å². The standard InChI is InChI=1S/C13H25N3O3/c1-2-19-9-5-12(17)16-8-3-4-11(10-16)13(18)15-7-6-14/h11H,2-10,14H2,1H3,(H,15,18). The number of amides is 2. The quantitative estimate of drug-likeness (QED) is 0.624. The number of likely N-dealkylation sites (tertiary alicyclic amines) is 1. The molecule has 1 atom stereocenters. The molecule has 1 saturated heterocycles. The molecule has 0 aromatic heterocycles. The Hall–Kier alpha value is -1.14. The first-order valence-electron chi connectivity index (χ1n) is 7.02. The summed E-state index contributed by atoms with van der Waals surface area (Å²) in [6.45, 7) is 5.17. The topological polar surface area (TPSA) is 84.7 Å². The summed E-state index contributed by atoms with van der Waals surface area (Å²) >= 11 is 0. The van der Waals surface area contributed by atoms with E-state index in [-0.39, 0.29) is 17.7 Å². The fraction of sp³-hybridized carbons (Fsp3) is 0.846. The Balaban J connectivity index is 2.36. The third-order valence-corrected chi connectivity index (χ3v) is 3.25. The molecule has 6 nitrogen and oxygen atoms in total. The van der Waals surface area contributed by atoms with Crippen LogP contribution >= 0.6 is 0 Å². The maximum atomic E-state index is 11.9. The molecule has 1 heterocycles. The molecular formula is C13H25N3O3. The van der Waals surface area contributed by atoms with E-state index in [1.54, 1.807) is 4.90 Å². The molecule has 1 aliphatic rings. The van der Waals surface area contributed by atoms with E-state index < -0.39 is 0 Å². The van der Waals surface area contributed by atoms with Gasteiger partial charge in [-0.05, 0) is 19.8 Å². The number of ether oxygens (including phenoxy) is 1. The predicted molar refractivity (Wildman–Crippen MR) is 72.5 cm³/mol. The van der Waals surface area contributed by atoms with Gasteiger partial charge >= 0.3 is 0 Å². The summed E-state index contributed by atoms with van der Waals surface area (Å²) in [5.74, 6) is -0.0196. The van der Waals surface area contributed by atoms with Gasteiger partial charge in [-0.1, -0.05) is 0 Å². The van der Waals surface area contributed by atoms with Crippen LogP contribution in [0.4, 0.5) is 0 Å². The molecule has 0 bridgehead atoms. The normalized spacial score (nSPS) is 19.3. The van der Waals surface area contributed by atoms with Crippen molar-refractivity contribution >= 4 is 11.8 Å². The maximum absolute atomic E-state index is 11.9. The summed E-state index contributed by atoms with van der Waals surface area (Å²) < 4.78 is 5.18. The molecule has 2 amide bonds. The summed E-state index contributed by atoms with van der Waals surface area (Å²) in [4.78, 5) is 25.6. The summed E-state index contributed by atoms with van der Waals surface area (Å²) in [6.07, 6.45) is 2.11. The van der Waals surface area contributed by atoms with E-state index in [0.29, 0.717) is 39.3 Å². The van der Waals surface area contributed by atoms with Crippen LogP contribution in [0, 0.1) is 5.92 Å². The van der Waals surface area contributed by atoms with Gasteiger partial charge in [-0.3, -0.25) is 9.59 Å². The Morgan fingerprint density at radius 3 is 2.95 bits per heavy atom. The van der Waals surface area contributed by atoms with Gasteiger partial charge in [0, 0.05) is 32.8 Å². The fourth-order valence-corrected chi connectivity index (χ4v) is 2.22. The summed E-state index contributed by atoms with van der Waals surface area (Å²) in [7, 11) is 0. The lowest BCUT2D eigenvalue weighted by atomic mass is 9.97. The number of nitrogens with two attached hydrogens (primary N) is 1. The predicted octanol–water partition coefficient (Wildman–Crippen LogP) is -0.273. The van der Waals surface area contributed by atoms with E-state index in [2.05, 4.69) is 5.32 Å². The van der Waals surface area contributed by atoms with E-state index in [4.69, 9.17) is 10.5 Å². The minimum atomic E-state index is -0.101. The average Bonchev–Trinajstić information content (AvgIpc) is 2.45. The molecule has 19 heavy (non-hydrogen) atoms. The number of nitrogens with one attached hydrogen (secondary N) is 1. The van der Waals surface area contributed by atoms with Crippen LogP contribution in [-0.4, -0.2) is 56.1 Å². The number of rotatable bonds is 7. The molecule has 110 valence electrons. The molecule has 6 heteroatoms. The van der Waals surface area contributed by atoms with E-state index >= 15 is 0 Å². The van der Waals surface area contributed by atoms with Crippen LogP contribution in [0.1, 0.15) is 26.2 Å². The second-order valence-corrected chi connectivity index (χ2v) is 4.71. The van der Waals surface area contributed by atoms with Gasteiger partial charge in [-0.25, -0.2) is 0 Å². The molecular weight excluding hydrogens is 246 g/mol. The highest BCUT2D eigenvalue weighted by Crippen LogP contribution is 2.17. The van der Waals surface area contributed by atoms with Crippen LogP contribution < -0.4 is 11.1 Å². The molecule has 0 aliphatic carbocycles. The second kappa shape index (κ2) is 8.87. The molecule has 0 saturated carbocycles. The third-order valence-electron chi connectivity index (χ3n) is 3.25. The van der Waals surface area contributed by atoms with Gasteiger partial charge in [0.15, 0.2) is 0 Å². The summed E-state index contributed by atoms with van der Waals surface area (Å²) in [6, 6.07) is 0. The number of hydrogen-bond donors (Lipinski definition) is 2. The molecule has 0 radical (unpaired) electrons. The largest absolute Gasteiger partial charge is 0.381 e. The SMILES string of the molecule is CCOCCC(=O)N1CCCC(C(=O)NCCN)C1. The van der Waals surface area contributed by atoms with Gasteiger partial charge in [0.1, 0.15) is 0 Å². The smallest absolute Gasteiger partial charge is 0.224 e. The second-order valence-electron chi connectivity index (χ2n) is 4.71. The van der Waals surface area contributed by atoms with Crippen molar-refractivity contribution in [1.82, 2.24) is 10.2 Å². The summed E-state index contributed by atoms with van der Waals surface area (Å²) in [5, 5.41) is 2.79. The van der Waals surface area contributed by atoms with E-state index in [9.17, 15) is 9.59 Å². The monoisotopic (exact) mass is 271 g/mol. The maximum Gasteiger partial charge on any atom is 0.224 e. The molecule has 3 N–H and O–H groups in total. The molecule has 1 aliphatic heterocycles. The van der Waals surface area contributed by atoms with Gasteiger partial charge in [0.05, 0.1) is 18.9 Å². The van der Waals surface area contributed by atoms with Gasteiger partial charge < -0.3 is 20.7 Å². The Morgan fingerprint density at radius 2 is 2.26 bits per heavy atom. The lowest BCUT2D eigenvalue weighted by molar-refractivity contribution is -0.136. The van der Waals surface area contributed by atoms with E-state index in [0.717, 1.165) is 19.4 Å². The highest BCUT2D eigenvalue weighted by molar-refractivity contribution is 5.81. The third kappa shape index (κ3) is 5.57. The average molecular weight is 271 g/mol. The van der Waals surface area contributed by atoms with Gasteiger partial charge in [0.2, 0.25) is 11.8 Å². The van der Waals surface area contributed by atoms with Crippen molar-refractivity contribution in [1.29, 1.82) is 0 Å². The van der Waals surface area contributed by atoms with Crippen LogP contribution in [0.15, 0.2) is 0 Å². The number of carbonyl (C=O) groups is 2. The molecule has 1 unspecified atom stereocenters. The number of nitrogens with zero attached hydrogens (tertiary/aromatic N) is 1. The molecule has 1 fully saturated rings. The van der Waals surface area contributed by atoms with Crippen molar-refractivity contribution in [3.63, 3.8) is 0 Å². The lowest BCUT2D eigenvalue weighted by Gasteiger charge is -2.32. The minimum absolute atomic E-state index is 0.00718. The van der Waals surface area contributed by atoms with Gasteiger partial charge in [0.25, 0.3) is 0 Å². The Labute approximate surface area is 114 Å². The van der Waals surface area contributed by atoms with Crippen molar-refractivity contribution < 1.29 is 14.3 Å². The lowest BCUT2D eigenvalue weighted by Crippen LogP contribution is -2.46. The zero-order chi connectivity index (χ0) is 14.1. The molecule has 0 spiro atoms. The van der Waals surface area contributed by atoms with Crippen LogP contribution in [0.5, 0.6) is 0 Å². The number of hydrogen-bond acceptors (Lipinski definition) is 4. The van der Waals surface area contributed by atoms with Crippen LogP contribution in [0.3, 0.4) is 0 Å². The Bertz CT molecular complexity index is 297. The highest BCUT2D eigenvalue weighted by Gasteiger charge is 2.27. The van der Waals surface area contributed by atoms with E-state index in [1.165, 1.54) is 0 Å². The fourth-order valence-electron chi connectivity index (χ4n) is 2.22. The first-order valence-corrected chi connectivity index (χ1v) is 7.02. The summed E-state index contributed by atoms with van der Waals surface area (Å²) in [5.41, 5.74) is 5.36. The zero-order valence-corrected chi connectivity index (χ0v) is 11.7. The van der Waals surface area contributed by atoms with Crippen LogP contribution in [0.25, 0.3) is 0 Å². The first kappa shape index (κ1) is 15.9. The van der Waals surface area contributed by atoms with Gasteiger partial charge in [-0.2, -0.15) is 0 Å². The molecule has 0 aromatic carbocycles. The number of carbonyl (C=O) groups excluding carboxylic acids is 2. The Kier molecular flexibility index (Phi) is 7.43.